The molecular formula is C22H22N4O2. The van der Waals surface area contributed by atoms with Crippen molar-refractivity contribution in [1.82, 2.24) is 9.78 Å². The van der Waals surface area contributed by atoms with Crippen molar-refractivity contribution in [3.8, 4) is 5.69 Å². The molecule has 3 aromatic rings. The number of nitrogens with two attached hydrogens (primary N) is 1. The summed E-state index contributed by atoms with van der Waals surface area (Å²) < 4.78 is 1.60. The van der Waals surface area contributed by atoms with Gasteiger partial charge >= 0.3 is 0 Å². The zero-order valence-corrected chi connectivity index (χ0v) is 16.0. The summed E-state index contributed by atoms with van der Waals surface area (Å²) in [5.41, 5.74) is 10.5. The summed E-state index contributed by atoms with van der Waals surface area (Å²) in [5, 5.41) is 4.47. The summed E-state index contributed by atoms with van der Waals surface area (Å²) in [4.78, 5) is 27.2. The van der Waals surface area contributed by atoms with Crippen LogP contribution in [0.4, 0.5) is 5.69 Å². The van der Waals surface area contributed by atoms with E-state index in [1.807, 2.05) is 49.4 Å². The number of amides is 2. The second kappa shape index (κ2) is 6.96. The fourth-order valence-electron chi connectivity index (χ4n) is 3.69. The first kappa shape index (κ1) is 18.0. The van der Waals surface area contributed by atoms with Gasteiger partial charge in [-0.05, 0) is 49.1 Å². The minimum atomic E-state index is -0.611. The Morgan fingerprint density at radius 1 is 1.18 bits per heavy atom. The first-order valence-electron chi connectivity index (χ1n) is 9.39. The van der Waals surface area contributed by atoms with Crippen LogP contribution < -0.4 is 10.6 Å². The van der Waals surface area contributed by atoms with Crippen LogP contribution in [-0.2, 0) is 12.8 Å². The Labute approximate surface area is 163 Å². The van der Waals surface area contributed by atoms with Crippen LogP contribution in [0.15, 0.2) is 48.5 Å². The van der Waals surface area contributed by atoms with Gasteiger partial charge in [-0.1, -0.05) is 37.3 Å². The van der Waals surface area contributed by atoms with Gasteiger partial charge < -0.3 is 10.6 Å². The standard InChI is InChI=1S/C22H22N4O2/c1-3-15-10-9-14(2)18(13-15)26-20-17(19(24-26)21(23)27)11-12-25(22(20)28)16-7-5-4-6-8-16/h4-10,13H,3,11-12H2,1-2H3,(H2,23,27). The first-order valence-corrected chi connectivity index (χ1v) is 9.39. The molecule has 0 atom stereocenters. The average Bonchev–Trinajstić information content (AvgIpc) is 3.10. The number of hydrogen-bond donors (Lipinski definition) is 1. The predicted molar refractivity (Wildman–Crippen MR) is 108 cm³/mol. The van der Waals surface area contributed by atoms with Crippen molar-refractivity contribution < 1.29 is 9.59 Å². The number of hydrogen-bond acceptors (Lipinski definition) is 3. The van der Waals surface area contributed by atoms with Crippen molar-refractivity contribution in [2.75, 3.05) is 11.4 Å². The maximum Gasteiger partial charge on any atom is 0.277 e. The van der Waals surface area contributed by atoms with Crippen LogP contribution in [0.5, 0.6) is 0 Å². The molecule has 2 aromatic carbocycles. The van der Waals surface area contributed by atoms with Crippen molar-refractivity contribution in [2.45, 2.75) is 26.7 Å². The second-order valence-electron chi connectivity index (χ2n) is 6.97. The quantitative estimate of drug-likeness (QED) is 0.762. The fraction of sp³-hybridized carbons (Fsp3) is 0.227. The van der Waals surface area contributed by atoms with Crippen LogP contribution in [0.3, 0.4) is 0 Å². The lowest BCUT2D eigenvalue weighted by molar-refractivity contribution is 0.0972. The minimum Gasteiger partial charge on any atom is -0.364 e. The minimum absolute atomic E-state index is 0.172. The van der Waals surface area contributed by atoms with Crippen molar-refractivity contribution in [2.24, 2.45) is 5.73 Å². The van der Waals surface area contributed by atoms with Crippen molar-refractivity contribution in [1.29, 1.82) is 0 Å². The van der Waals surface area contributed by atoms with E-state index in [1.165, 1.54) is 0 Å². The summed E-state index contributed by atoms with van der Waals surface area (Å²) in [5.74, 6) is -0.783. The van der Waals surface area contributed by atoms with Crippen LogP contribution in [0.25, 0.3) is 5.69 Å². The molecule has 0 saturated heterocycles. The highest BCUT2D eigenvalue weighted by molar-refractivity contribution is 6.09. The van der Waals surface area contributed by atoms with Gasteiger partial charge in [0.15, 0.2) is 5.69 Å². The lowest BCUT2D eigenvalue weighted by Crippen LogP contribution is -2.39. The molecule has 2 heterocycles. The summed E-state index contributed by atoms with van der Waals surface area (Å²) >= 11 is 0. The molecule has 0 spiro atoms. The fourth-order valence-corrected chi connectivity index (χ4v) is 3.69. The maximum absolute atomic E-state index is 13.4. The third-order valence-electron chi connectivity index (χ3n) is 5.23. The van der Waals surface area contributed by atoms with E-state index in [1.54, 1.807) is 9.58 Å². The number of carbonyl (C=O) groups excluding carboxylic acids is 2. The van der Waals surface area contributed by atoms with Crippen molar-refractivity contribution >= 4 is 17.5 Å². The number of aromatic nitrogens is 2. The number of primary amides is 1. The van der Waals surface area contributed by atoms with Gasteiger partial charge in [0, 0.05) is 17.8 Å². The SMILES string of the molecule is CCc1ccc(C)c(-n2nc(C(N)=O)c3c2C(=O)N(c2ccccc2)CC3)c1. The lowest BCUT2D eigenvalue weighted by atomic mass is 10.0. The van der Waals surface area contributed by atoms with E-state index in [4.69, 9.17) is 5.73 Å². The number of nitrogens with zero attached hydrogens (tertiary/aromatic N) is 3. The van der Waals surface area contributed by atoms with E-state index in [9.17, 15) is 9.59 Å². The molecule has 0 bridgehead atoms. The number of carbonyl (C=O) groups is 2. The van der Waals surface area contributed by atoms with Gasteiger partial charge in [-0.3, -0.25) is 9.59 Å². The van der Waals surface area contributed by atoms with Crippen LogP contribution in [0, 0.1) is 6.92 Å². The number of rotatable bonds is 4. The number of aryl methyl sites for hydroxylation is 2. The van der Waals surface area contributed by atoms with Crippen LogP contribution in [0.1, 0.15) is 44.6 Å². The molecule has 0 saturated carbocycles. The molecule has 2 amide bonds. The third-order valence-corrected chi connectivity index (χ3v) is 5.23. The summed E-state index contributed by atoms with van der Waals surface area (Å²) in [6.45, 7) is 4.52. The highest BCUT2D eigenvalue weighted by atomic mass is 16.2. The first-order chi connectivity index (χ1) is 13.5. The molecule has 0 fully saturated rings. The summed E-state index contributed by atoms with van der Waals surface area (Å²) in [6, 6.07) is 15.6. The highest BCUT2D eigenvalue weighted by Crippen LogP contribution is 2.29. The van der Waals surface area contributed by atoms with E-state index in [0.29, 0.717) is 24.2 Å². The third kappa shape index (κ3) is 2.87. The van der Waals surface area contributed by atoms with Crippen LogP contribution in [-0.4, -0.2) is 28.1 Å². The zero-order chi connectivity index (χ0) is 19.8. The molecule has 1 aliphatic rings. The molecule has 1 aliphatic heterocycles. The maximum atomic E-state index is 13.4. The zero-order valence-electron chi connectivity index (χ0n) is 16.0. The van der Waals surface area contributed by atoms with Crippen LogP contribution >= 0.6 is 0 Å². The Balaban J connectivity index is 1.91. The molecule has 6 nitrogen and oxygen atoms in total. The largest absolute Gasteiger partial charge is 0.364 e. The molecule has 0 unspecified atom stereocenters. The Bertz CT molecular complexity index is 1070. The van der Waals surface area contributed by atoms with Gasteiger partial charge in [0.1, 0.15) is 5.69 Å². The Kier molecular flexibility index (Phi) is 4.47. The predicted octanol–water partition coefficient (Wildman–Crippen LogP) is 3.04. The molecule has 6 heteroatoms. The van der Waals surface area contributed by atoms with Gasteiger partial charge in [-0.2, -0.15) is 5.10 Å². The Hall–Kier alpha value is -3.41. The topological polar surface area (TPSA) is 81.2 Å². The smallest absolute Gasteiger partial charge is 0.277 e. The van der Waals surface area contributed by atoms with Crippen LogP contribution in [0.2, 0.25) is 0 Å². The molecule has 2 N–H and O–H groups in total. The number of benzene rings is 2. The summed E-state index contributed by atoms with van der Waals surface area (Å²) in [7, 11) is 0. The molecule has 0 radical (unpaired) electrons. The average molecular weight is 374 g/mol. The Morgan fingerprint density at radius 3 is 2.61 bits per heavy atom. The van der Waals surface area contributed by atoms with E-state index in [2.05, 4.69) is 18.1 Å². The van der Waals surface area contributed by atoms with E-state index >= 15 is 0 Å². The number of anilines is 1. The molecular weight excluding hydrogens is 352 g/mol. The normalized spacial score (nSPS) is 13.5. The van der Waals surface area contributed by atoms with Gasteiger partial charge in [-0.15, -0.1) is 0 Å². The summed E-state index contributed by atoms with van der Waals surface area (Å²) in [6.07, 6.45) is 1.39. The van der Waals surface area contributed by atoms with E-state index in [0.717, 1.165) is 28.9 Å². The van der Waals surface area contributed by atoms with E-state index in [-0.39, 0.29) is 11.6 Å². The molecule has 1 aromatic heterocycles. The van der Waals surface area contributed by atoms with Gasteiger partial charge in [0.05, 0.1) is 5.69 Å². The second-order valence-corrected chi connectivity index (χ2v) is 6.97. The number of fused-ring (bicyclic) bond motifs is 1. The lowest BCUT2D eigenvalue weighted by Gasteiger charge is -2.28. The van der Waals surface area contributed by atoms with Crippen molar-refractivity contribution in [3.05, 3.63) is 76.6 Å². The highest BCUT2D eigenvalue weighted by Gasteiger charge is 2.34. The molecule has 28 heavy (non-hydrogen) atoms. The van der Waals surface area contributed by atoms with Gasteiger partial charge in [-0.25, -0.2) is 4.68 Å². The van der Waals surface area contributed by atoms with E-state index < -0.39 is 5.91 Å². The molecule has 142 valence electrons. The monoisotopic (exact) mass is 374 g/mol. The molecule has 4 rings (SSSR count). The van der Waals surface area contributed by atoms with Crippen molar-refractivity contribution in [3.63, 3.8) is 0 Å². The Morgan fingerprint density at radius 2 is 1.93 bits per heavy atom. The molecule has 0 aliphatic carbocycles. The number of para-hydroxylation sites is 1. The van der Waals surface area contributed by atoms with Gasteiger partial charge in [0.25, 0.3) is 11.8 Å². The van der Waals surface area contributed by atoms with Gasteiger partial charge in [0.2, 0.25) is 0 Å².